The fourth-order valence-electron chi connectivity index (χ4n) is 1.37. The van der Waals surface area contributed by atoms with E-state index in [0.29, 0.717) is 10.9 Å². The van der Waals surface area contributed by atoms with Crippen LogP contribution >= 0.6 is 34.5 Å². The van der Waals surface area contributed by atoms with Crippen LogP contribution < -0.4 is 5.32 Å². The largest absolute Gasteiger partial charge is 0.326 e. The first-order chi connectivity index (χ1) is 8.67. The maximum Gasteiger partial charge on any atom is 0.231 e. The lowest BCUT2D eigenvalue weighted by Crippen LogP contribution is -2.14. The van der Waals surface area contributed by atoms with Crippen LogP contribution in [0.4, 0.5) is 5.69 Å². The normalized spacial score (nSPS) is 10.3. The number of carbonyl (C=O) groups is 1. The predicted molar refractivity (Wildman–Crippen MR) is 75.5 cm³/mol. The predicted octanol–water partition coefficient (Wildman–Crippen LogP) is 3.72. The van der Waals surface area contributed by atoms with Crippen molar-refractivity contribution in [3.8, 4) is 0 Å². The molecule has 1 aromatic heterocycles. The Labute approximate surface area is 119 Å². The molecule has 94 valence electrons. The molecule has 6 heteroatoms. The molecule has 18 heavy (non-hydrogen) atoms. The van der Waals surface area contributed by atoms with E-state index < -0.39 is 0 Å². The van der Waals surface area contributed by atoms with E-state index in [4.69, 9.17) is 23.2 Å². The lowest BCUT2D eigenvalue weighted by molar-refractivity contribution is -0.115. The van der Waals surface area contributed by atoms with Gasteiger partial charge in [0.05, 0.1) is 18.0 Å². The zero-order chi connectivity index (χ0) is 13.0. The number of nitrogens with one attached hydrogen (secondary N) is 1. The highest BCUT2D eigenvalue weighted by Gasteiger charge is 2.08. The van der Waals surface area contributed by atoms with E-state index in [1.165, 1.54) is 11.3 Å². The molecular formula is C12H10Cl2N2OS. The quantitative estimate of drug-likeness (QED) is 0.875. The van der Waals surface area contributed by atoms with Crippen LogP contribution in [0.25, 0.3) is 0 Å². The van der Waals surface area contributed by atoms with E-state index in [9.17, 15) is 4.79 Å². The molecule has 0 fully saturated rings. The van der Waals surface area contributed by atoms with Crippen molar-refractivity contribution in [2.24, 2.45) is 0 Å². The monoisotopic (exact) mass is 300 g/mol. The Morgan fingerprint density at radius 1 is 1.33 bits per heavy atom. The summed E-state index contributed by atoms with van der Waals surface area (Å²) < 4.78 is 0. The Bertz CT molecular complexity index is 539. The van der Waals surface area contributed by atoms with Gasteiger partial charge in [0.2, 0.25) is 5.91 Å². The van der Waals surface area contributed by atoms with Crippen LogP contribution in [0, 0.1) is 0 Å². The second-order valence-electron chi connectivity index (χ2n) is 3.60. The molecule has 1 heterocycles. The summed E-state index contributed by atoms with van der Waals surface area (Å²) in [5, 5.41) is 6.04. The average Bonchev–Trinajstić information content (AvgIpc) is 2.79. The Morgan fingerprint density at radius 2 is 2.06 bits per heavy atom. The maximum absolute atomic E-state index is 11.8. The molecule has 2 rings (SSSR count). The first-order valence-electron chi connectivity index (χ1n) is 5.22. The SMILES string of the molecule is O=C(Cc1nc(CCl)cs1)Nc1ccc(Cl)cc1. The highest BCUT2D eigenvalue weighted by molar-refractivity contribution is 7.09. The minimum atomic E-state index is -0.104. The van der Waals surface area contributed by atoms with Crippen molar-refractivity contribution in [1.82, 2.24) is 4.98 Å². The van der Waals surface area contributed by atoms with Gasteiger partial charge in [0.25, 0.3) is 0 Å². The molecule has 0 radical (unpaired) electrons. The fourth-order valence-corrected chi connectivity index (χ4v) is 2.51. The van der Waals surface area contributed by atoms with Crippen molar-refractivity contribution < 1.29 is 4.79 Å². The maximum atomic E-state index is 11.8. The zero-order valence-corrected chi connectivity index (χ0v) is 11.6. The zero-order valence-electron chi connectivity index (χ0n) is 9.32. The number of hydrogen-bond acceptors (Lipinski definition) is 3. The number of nitrogens with zero attached hydrogens (tertiary/aromatic N) is 1. The summed E-state index contributed by atoms with van der Waals surface area (Å²) in [6.45, 7) is 0. The minimum Gasteiger partial charge on any atom is -0.326 e. The van der Waals surface area contributed by atoms with Crippen LogP contribution in [-0.4, -0.2) is 10.9 Å². The number of benzene rings is 1. The van der Waals surface area contributed by atoms with Crippen LogP contribution in [0.3, 0.4) is 0 Å². The number of thiazole rings is 1. The van der Waals surface area contributed by atoms with Gasteiger partial charge in [-0.3, -0.25) is 4.79 Å². The van der Waals surface area contributed by atoms with E-state index in [1.54, 1.807) is 24.3 Å². The van der Waals surface area contributed by atoms with E-state index >= 15 is 0 Å². The number of amides is 1. The molecule has 0 aliphatic carbocycles. The summed E-state index contributed by atoms with van der Waals surface area (Å²) in [5.74, 6) is 0.266. The Balaban J connectivity index is 1.94. The third kappa shape index (κ3) is 3.70. The number of rotatable bonds is 4. The number of alkyl halides is 1. The topological polar surface area (TPSA) is 42.0 Å². The Morgan fingerprint density at radius 3 is 2.67 bits per heavy atom. The van der Waals surface area contributed by atoms with E-state index in [0.717, 1.165) is 16.4 Å². The van der Waals surface area contributed by atoms with E-state index in [2.05, 4.69) is 10.3 Å². The van der Waals surface area contributed by atoms with Crippen molar-refractivity contribution in [3.05, 3.63) is 45.4 Å². The van der Waals surface area contributed by atoms with Crippen molar-refractivity contribution >= 4 is 46.1 Å². The van der Waals surface area contributed by atoms with Gasteiger partial charge in [0.15, 0.2) is 0 Å². The second-order valence-corrected chi connectivity index (χ2v) is 5.24. The number of anilines is 1. The molecule has 0 aliphatic heterocycles. The summed E-state index contributed by atoms with van der Waals surface area (Å²) in [5.41, 5.74) is 1.52. The fraction of sp³-hybridized carbons (Fsp3) is 0.167. The molecule has 0 saturated heterocycles. The summed E-state index contributed by atoms with van der Waals surface area (Å²) in [6, 6.07) is 6.97. The van der Waals surface area contributed by atoms with Crippen molar-refractivity contribution in [2.45, 2.75) is 12.3 Å². The molecule has 1 N–H and O–H groups in total. The van der Waals surface area contributed by atoms with E-state index in [-0.39, 0.29) is 12.3 Å². The summed E-state index contributed by atoms with van der Waals surface area (Å²) in [4.78, 5) is 16.0. The molecule has 3 nitrogen and oxygen atoms in total. The van der Waals surface area contributed by atoms with E-state index in [1.807, 2.05) is 5.38 Å². The molecule has 0 saturated carbocycles. The van der Waals surface area contributed by atoms with Gasteiger partial charge in [-0.15, -0.1) is 22.9 Å². The molecule has 0 spiro atoms. The van der Waals surface area contributed by atoms with Crippen LogP contribution in [0.5, 0.6) is 0 Å². The number of carbonyl (C=O) groups excluding carboxylic acids is 1. The molecule has 1 amide bonds. The molecule has 2 aromatic rings. The third-order valence-corrected chi connectivity index (χ3v) is 3.60. The van der Waals surface area contributed by atoms with Crippen molar-refractivity contribution in [3.63, 3.8) is 0 Å². The number of halogens is 2. The molecule has 1 aromatic carbocycles. The van der Waals surface area contributed by atoms with Crippen LogP contribution in [0.15, 0.2) is 29.6 Å². The standard InChI is InChI=1S/C12H10Cl2N2OS/c13-6-10-7-18-12(16-10)5-11(17)15-9-3-1-8(14)2-4-9/h1-4,7H,5-6H2,(H,15,17). The highest BCUT2D eigenvalue weighted by Crippen LogP contribution is 2.15. The molecule has 0 unspecified atom stereocenters. The van der Waals surface area contributed by atoms with Gasteiger partial charge in [0.1, 0.15) is 5.01 Å². The Hall–Kier alpha value is -1.10. The molecular weight excluding hydrogens is 291 g/mol. The average molecular weight is 301 g/mol. The van der Waals surface area contributed by atoms with Gasteiger partial charge in [-0.2, -0.15) is 0 Å². The lowest BCUT2D eigenvalue weighted by atomic mass is 10.3. The van der Waals surface area contributed by atoms with Gasteiger partial charge in [-0.25, -0.2) is 4.98 Å². The van der Waals surface area contributed by atoms with Crippen LogP contribution in [-0.2, 0) is 17.1 Å². The van der Waals surface area contributed by atoms with Gasteiger partial charge in [-0.05, 0) is 24.3 Å². The van der Waals surface area contributed by atoms with Gasteiger partial charge in [-0.1, -0.05) is 11.6 Å². The van der Waals surface area contributed by atoms with Crippen molar-refractivity contribution in [1.29, 1.82) is 0 Å². The molecule has 0 atom stereocenters. The van der Waals surface area contributed by atoms with Gasteiger partial charge >= 0.3 is 0 Å². The van der Waals surface area contributed by atoms with Crippen molar-refractivity contribution in [2.75, 3.05) is 5.32 Å². The lowest BCUT2D eigenvalue weighted by Gasteiger charge is -2.03. The summed E-state index contributed by atoms with van der Waals surface area (Å²) in [7, 11) is 0. The number of hydrogen-bond donors (Lipinski definition) is 1. The summed E-state index contributed by atoms with van der Waals surface area (Å²) in [6.07, 6.45) is 0.254. The first-order valence-corrected chi connectivity index (χ1v) is 7.01. The number of aromatic nitrogens is 1. The molecule has 0 aliphatic rings. The third-order valence-electron chi connectivity index (χ3n) is 2.18. The second kappa shape index (κ2) is 6.18. The Kier molecular flexibility index (Phi) is 4.58. The van der Waals surface area contributed by atoms with Gasteiger partial charge < -0.3 is 5.32 Å². The van der Waals surface area contributed by atoms with Gasteiger partial charge in [0, 0.05) is 16.1 Å². The minimum absolute atomic E-state index is 0.104. The smallest absolute Gasteiger partial charge is 0.231 e. The van der Waals surface area contributed by atoms with Crippen LogP contribution in [0.1, 0.15) is 10.7 Å². The molecule has 0 bridgehead atoms. The first kappa shape index (κ1) is 13.3. The highest BCUT2D eigenvalue weighted by atomic mass is 35.5. The summed E-state index contributed by atoms with van der Waals surface area (Å²) >= 11 is 12.9. The van der Waals surface area contributed by atoms with Crippen LogP contribution in [0.2, 0.25) is 5.02 Å².